The number of carbonyl (C=O) groups is 2. The normalized spacial score (nSPS) is 10.4. The van der Waals surface area contributed by atoms with Crippen LogP contribution in [0.5, 0.6) is 5.75 Å². The van der Waals surface area contributed by atoms with Crippen molar-refractivity contribution in [3.8, 4) is 5.75 Å². The highest BCUT2D eigenvalue weighted by Gasteiger charge is 2.13. The summed E-state index contributed by atoms with van der Waals surface area (Å²) in [6, 6.07) is 15.2. The third-order valence-corrected chi connectivity index (χ3v) is 3.97. The number of anilines is 2. The van der Waals surface area contributed by atoms with E-state index in [1.165, 1.54) is 0 Å². The lowest BCUT2D eigenvalue weighted by molar-refractivity contribution is 0.0992. The quantitative estimate of drug-likeness (QED) is 0.596. The van der Waals surface area contributed by atoms with Crippen LogP contribution in [0.3, 0.4) is 0 Å². The number of aryl methyl sites for hydroxylation is 2. The highest BCUT2D eigenvalue weighted by Crippen LogP contribution is 2.21. The van der Waals surface area contributed by atoms with Crippen LogP contribution < -0.4 is 21.1 Å². The molecule has 0 aliphatic carbocycles. The lowest BCUT2D eigenvalue weighted by Gasteiger charge is -2.08. The van der Waals surface area contributed by atoms with E-state index >= 15 is 0 Å². The Balaban J connectivity index is 1.61. The van der Waals surface area contributed by atoms with Crippen molar-refractivity contribution in [2.45, 2.75) is 20.5 Å². The van der Waals surface area contributed by atoms with Gasteiger partial charge in [-0.25, -0.2) is 4.79 Å². The van der Waals surface area contributed by atoms with E-state index in [0.29, 0.717) is 17.1 Å². The van der Waals surface area contributed by atoms with Crippen LogP contribution in [0, 0.1) is 13.8 Å². The number of nitrogens with two attached hydrogens (primary N) is 1. The summed E-state index contributed by atoms with van der Waals surface area (Å²) in [4.78, 5) is 23.3. The smallest absolute Gasteiger partial charge is 0.316 e. The molecule has 1 heterocycles. The first-order valence-corrected chi connectivity index (χ1v) is 8.67. The van der Waals surface area contributed by atoms with Crippen molar-refractivity contribution in [2.24, 2.45) is 5.73 Å². The molecule has 3 aromatic rings. The Labute approximate surface area is 162 Å². The van der Waals surface area contributed by atoms with Gasteiger partial charge in [-0.05, 0) is 55.8 Å². The number of carbonyl (C=O) groups excluding carboxylic acids is 2. The predicted molar refractivity (Wildman–Crippen MR) is 107 cm³/mol. The SMILES string of the molecule is Cc1ccc(OCc2ccc(C(=O)Nc3cccc(NC(N)=O)c3)o2)c(C)c1. The zero-order chi connectivity index (χ0) is 20.1. The molecule has 0 radical (unpaired) electrons. The van der Waals surface area contributed by atoms with Gasteiger partial charge in [0.2, 0.25) is 0 Å². The summed E-state index contributed by atoms with van der Waals surface area (Å²) in [7, 11) is 0. The average molecular weight is 379 g/mol. The van der Waals surface area contributed by atoms with Crippen LogP contribution in [0.4, 0.5) is 16.2 Å². The van der Waals surface area contributed by atoms with Gasteiger partial charge in [-0.2, -0.15) is 0 Å². The number of amides is 3. The van der Waals surface area contributed by atoms with Gasteiger partial charge in [0.15, 0.2) is 5.76 Å². The first-order valence-electron chi connectivity index (χ1n) is 8.67. The lowest BCUT2D eigenvalue weighted by atomic mass is 10.1. The molecular weight excluding hydrogens is 358 g/mol. The van der Waals surface area contributed by atoms with E-state index in [1.54, 1.807) is 36.4 Å². The second-order valence-electron chi connectivity index (χ2n) is 6.35. The molecule has 28 heavy (non-hydrogen) atoms. The van der Waals surface area contributed by atoms with E-state index in [4.69, 9.17) is 14.9 Å². The molecule has 1 aromatic heterocycles. The Kier molecular flexibility index (Phi) is 5.64. The Bertz CT molecular complexity index is 1010. The van der Waals surface area contributed by atoms with Gasteiger partial charge in [0.1, 0.15) is 18.1 Å². The molecule has 0 aliphatic rings. The van der Waals surface area contributed by atoms with E-state index in [-0.39, 0.29) is 12.4 Å². The summed E-state index contributed by atoms with van der Waals surface area (Å²) in [6.45, 7) is 4.22. The van der Waals surface area contributed by atoms with E-state index < -0.39 is 11.9 Å². The molecule has 0 saturated carbocycles. The second kappa shape index (κ2) is 8.30. The van der Waals surface area contributed by atoms with Crippen molar-refractivity contribution in [1.82, 2.24) is 0 Å². The monoisotopic (exact) mass is 379 g/mol. The summed E-state index contributed by atoms with van der Waals surface area (Å²) < 4.78 is 11.3. The molecule has 4 N–H and O–H groups in total. The van der Waals surface area contributed by atoms with Gasteiger partial charge in [0.05, 0.1) is 0 Å². The van der Waals surface area contributed by atoms with Crippen LogP contribution in [0.15, 0.2) is 59.0 Å². The van der Waals surface area contributed by atoms with E-state index in [2.05, 4.69) is 10.6 Å². The van der Waals surface area contributed by atoms with Gasteiger partial charge in [-0.3, -0.25) is 4.79 Å². The van der Waals surface area contributed by atoms with Crippen LogP contribution in [-0.4, -0.2) is 11.9 Å². The maximum atomic E-state index is 12.4. The first-order chi connectivity index (χ1) is 13.4. The van der Waals surface area contributed by atoms with Crippen LogP contribution >= 0.6 is 0 Å². The molecule has 7 nitrogen and oxygen atoms in total. The fraction of sp³-hybridized carbons (Fsp3) is 0.143. The number of rotatable bonds is 6. The number of ether oxygens (including phenoxy) is 1. The molecule has 0 spiro atoms. The first kappa shape index (κ1) is 19.0. The summed E-state index contributed by atoms with van der Waals surface area (Å²) >= 11 is 0. The van der Waals surface area contributed by atoms with Crippen molar-refractivity contribution in [3.05, 3.63) is 77.2 Å². The predicted octanol–water partition coefficient (Wildman–Crippen LogP) is 4.22. The van der Waals surface area contributed by atoms with Crippen LogP contribution in [0.2, 0.25) is 0 Å². The van der Waals surface area contributed by atoms with Gasteiger partial charge in [0, 0.05) is 11.4 Å². The Morgan fingerprint density at radius 2 is 1.75 bits per heavy atom. The van der Waals surface area contributed by atoms with Crippen LogP contribution in [-0.2, 0) is 6.61 Å². The molecule has 144 valence electrons. The van der Waals surface area contributed by atoms with Crippen molar-refractivity contribution >= 4 is 23.3 Å². The number of nitrogens with one attached hydrogen (secondary N) is 2. The van der Waals surface area contributed by atoms with Crippen LogP contribution in [0.25, 0.3) is 0 Å². The van der Waals surface area contributed by atoms with Crippen molar-refractivity contribution < 1.29 is 18.7 Å². The zero-order valence-corrected chi connectivity index (χ0v) is 15.6. The number of hydrogen-bond donors (Lipinski definition) is 3. The minimum Gasteiger partial charge on any atom is -0.485 e. The molecule has 0 saturated heterocycles. The molecular formula is C21H21N3O4. The molecule has 0 atom stereocenters. The lowest BCUT2D eigenvalue weighted by Crippen LogP contribution is -2.19. The second-order valence-corrected chi connectivity index (χ2v) is 6.35. The summed E-state index contributed by atoms with van der Waals surface area (Å²) in [5.41, 5.74) is 8.27. The Morgan fingerprint density at radius 3 is 2.46 bits per heavy atom. The number of hydrogen-bond acceptors (Lipinski definition) is 4. The summed E-state index contributed by atoms with van der Waals surface area (Å²) in [6.07, 6.45) is 0. The third-order valence-electron chi connectivity index (χ3n) is 3.97. The highest BCUT2D eigenvalue weighted by molar-refractivity contribution is 6.02. The molecule has 0 fully saturated rings. The molecule has 0 unspecified atom stereocenters. The molecule has 0 bridgehead atoms. The van der Waals surface area contributed by atoms with Gasteiger partial charge >= 0.3 is 6.03 Å². The van der Waals surface area contributed by atoms with Crippen LogP contribution in [0.1, 0.15) is 27.4 Å². The summed E-state index contributed by atoms with van der Waals surface area (Å²) in [5.74, 6) is 1.06. The zero-order valence-electron chi connectivity index (χ0n) is 15.6. The van der Waals surface area contributed by atoms with E-state index in [1.807, 2.05) is 32.0 Å². The number of benzene rings is 2. The van der Waals surface area contributed by atoms with Crippen molar-refractivity contribution in [1.29, 1.82) is 0 Å². The van der Waals surface area contributed by atoms with E-state index in [0.717, 1.165) is 16.9 Å². The van der Waals surface area contributed by atoms with Crippen molar-refractivity contribution in [2.75, 3.05) is 10.6 Å². The molecule has 3 amide bonds. The maximum absolute atomic E-state index is 12.4. The van der Waals surface area contributed by atoms with E-state index in [9.17, 15) is 9.59 Å². The molecule has 7 heteroatoms. The molecule has 2 aromatic carbocycles. The maximum Gasteiger partial charge on any atom is 0.316 e. The Hall–Kier alpha value is -3.74. The van der Waals surface area contributed by atoms with Gasteiger partial charge in [0.25, 0.3) is 5.91 Å². The van der Waals surface area contributed by atoms with Gasteiger partial charge in [-0.15, -0.1) is 0 Å². The number of primary amides is 1. The third kappa shape index (κ3) is 4.91. The Morgan fingerprint density at radius 1 is 1.00 bits per heavy atom. The van der Waals surface area contributed by atoms with Gasteiger partial charge < -0.3 is 25.5 Å². The fourth-order valence-corrected chi connectivity index (χ4v) is 2.70. The standard InChI is InChI=1S/C21H21N3O4/c1-13-6-8-18(14(2)10-13)27-12-17-7-9-19(28-17)20(25)23-15-4-3-5-16(11-15)24-21(22)26/h3-11H,12H2,1-2H3,(H,23,25)(H3,22,24,26). The minimum atomic E-state index is -0.678. The largest absolute Gasteiger partial charge is 0.485 e. The summed E-state index contributed by atoms with van der Waals surface area (Å²) in [5, 5.41) is 5.16. The molecule has 0 aliphatic heterocycles. The topological polar surface area (TPSA) is 107 Å². The van der Waals surface area contributed by atoms with Gasteiger partial charge in [-0.1, -0.05) is 23.8 Å². The molecule has 3 rings (SSSR count). The van der Waals surface area contributed by atoms with Crippen molar-refractivity contribution in [3.63, 3.8) is 0 Å². The fourth-order valence-electron chi connectivity index (χ4n) is 2.70. The average Bonchev–Trinajstić information content (AvgIpc) is 3.10. The highest BCUT2D eigenvalue weighted by atomic mass is 16.5. The number of urea groups is 1. The minimum absolute atomic E-state index is 0.160. The number of furan rings is 1.